The summed E-state index contributed by atoms with van der Waals surface area (Å²) in [6.07, 6.45) is 1.72. The van der Waals surface area contributed by atoms with Crippen molar-refractivity contribution in [3.63, 3.8) is 0 Å². The molecule has 152 valence electrons. The number of benzene rings is 3. The largest absolute Gasteiger partial charge is 0.490 e. The zero-order valence-corrected chi connectivity index (χ0v) is 18.0. The molecule has 0 fully saturated rings. The third-order valence-electron chi connectivity index (χ3n) is 4.35. The van der Waals surface area contributed by atoms with E-state index in [1.807, 2.05) is 73.7 Å². The van der Waals surface area contributed by atoms with Gasteiger partial charge in [-0.05, 0) is 60.5 Å². The number of imidazole rings is 1. The van der Waals surface area contributed by atoms with Gasteiger partial charge in [0.25, 0.3) is 0 Å². The standard InChI is InChI=1S/C23H21BrN4O2/c1-2-29-22-13-17(9-12-21(22)30-15-16-7-10-18(24)11-8-16)14-25-28-23-26-19-5-3-4-6-20(19)27-23/h3-14H,2,15H2,1H3,(H2,26,27,28)/b25-14-. The van der Waals surface area contributed by atoms with Crippen LogP contribution in [0.2, 0.25) is 0 Å². The Labute approximate surface area is 183 Å². The number of hydrogen-bond acceptors (Lipinski definition) is 5. The summed E-state index contributed by atoms with van der Waals surface area (Å²) in [4.78, 5) is 7.61. The minimum Gasteiger partial charge on any atom is -0.490 e. The number of anilines is 1. The van der Waals surface area contributed by atoms with Crippen molar-refractivity contribution in [1.29, 1.82) is 0 Å². The van der Waals surface area contributed by atoms with Crippen LogP contribution < -0.4 is 14.9 Å². The Morgan fingerprint density at radius 2 is 1.87 bits per heavy atom. The number of H-pyrrole nitrogens is 1. The normalized spacial score (nSPS) is 11.1. The summed E-state index contributed by atoms with van der Waals surface area (Å²) in [7, 11) is 0. The van der Waals surface area contributed by atoms with Crippen LogP contribution in [-0.2, 0) is 6.61 Å². The lowest BCUT2D eigenvalue weighted by Crippen LogP contribution is -2.00. The average Bonchev–Trinajstić information content (AvgIpc) is 3.17. The Balaban J connectivity index is 1.43. The second-order valence-electron chi connectivity index (χ2n) is 6.53. The predicted octanol–water partition coefficient (Wildman–Crippen LogP) is 5.75. The smallest absolute Gasteiger partial charge is 0.222 e. The Bertz CT molecular complexity index is 1120. The first-order chi connectivity index (χ1) is 14.7. The van der Waals surface area contributed by atoms with E-state index in [-0.39, 0.29) is 0 Å². The van der Waals surface area contributed by atoms with E-state index in [0.29, 0.717) is 30.7 Å². The maximum atomic E-state index is 5.96. The summed E-state index contributed by atoms with van der Waals surface area (Å²) >= 11 is 3.44. The molecule has 0 aliphatic carbocycles. The van der Waals surface area contributed by atoms with Gasteiger partial charge in [0.2, 0.25) is 5.95 Å². The Morgan fingerprint density at radius 1 is 1.03 bits per heavy atom. The number of para-hydroxylation sites is 2. The molecule has 4 aromatic rings. The van der Waals surface area contributed by atoms with Crippen molar-refractivity contribution >= 4 is 39.1 Å². The first-order valence-corrected chi connectivity index (χ1v) is 10.4. The molecule has 2 N–H and O–H groups in total. The maximum Gasteiger partial charge on any atom is 0.222 e. The fraction of sp³-hybridized carbons (Fsp3) is 0.130. The Hall–Kier alpha value is -3.32. The van der Waals surface area contributed by atoms with Gasteiger partial charge in [0.05, 0.1) is 23.9 Å². The third kappa shape index (κ3) is 4.99. The number of nitrogens with one attached hydrogen (secondary N) is 2. The Morgan fingerprint density at radius 3 is 2.67 bits per heavy atom. The fourth-order valence-electron chi connectivity index (χ4n) is 2.91. The van der Waals surface area contributed by atoms with E-state index in [1.54, 1.807) is 6.21 Å². The number of aromatic amines is 1. The summed E-state index contributed by atoms with van der Waals surface area (Å²) in [5.41, 5.74) is 6.75. The number of ether oxygens (including phenoxy) is 2. The van der Waals surface area contributed by atoms with Gasteiger partial charge in [-0.2, -0.15) is 5.10 Å². The average molecular weight is 465 g/mol. The van der Waals surface area contributed by atoms with Gasteiger partial charge in [-0.25, -0.2) is 10.4 Å². The molecular weight excluding hydrogens is 444 g/mol. The molecule has 0 amide bonds. The third-order valence-corrected chi connectivity index (χ3v) is 4.88. The quantitative estimate of drug-likeness (QED) is 0.257. The molecule has 0 unspecified atom stereocenters. The highest BCUT2D eigenvalue weighted by Crippen LogP contribution is 2.29. The highest BCUT2D eigenvalue weighted by molar-refractivity contribution is 9.10. The second-order valence-corrected chi connectivity index (χ2v) is 7.44. The Kier molecular flexibility index (Phi) is 6.29. The van der Waals surface area contributed by atoms with E-state index >= 15 is 0 Å². The van der Waals surface area contributed by atoms with Crippen LogP contribution >= 0.6 is 15.9 Å². The predicted molar refractivity (Wildman–Crippen MR) is 123 cm³/mol. The molecule has 3 aromatic carbocycles. The molecule has 1 aromatic heterocycles. The minimum atomic E-state index is 0.467. The van der Waals surface area contributed by atoms with Gasteiger partial charge in [0.15, 0.2) is 11.5 Å². The monoisotopic (exact) mass is 464 g/mol. The van der Waals surface area contributed by atoms with E-state index in [9.17, 15) is 0 Å². The number of halogens is 1. The zero-order chi connectivity index (χ0) is 20.8. The minimum absolute atomic E-state index is 0.467. The van der Waals surface area contributed by atoms with Crippen molar-refractivity contribution in [3.05, 3.63) is 82.3 Å². The van der Waals surface area contributed by atoms with Gasteiger partial charge < -0.3 is 14.5 Å². The molecule has 0 spiro atoms. The van der Waals surface area contributed by atoms with Crippen molar-refractivity contribution < 1.29 is 9.47 Å². The van der Waals surface area contributed by atoms with Gasteiger partial charge >= 0.3 is 0 Å². The van der Waals surface area contributed by atoms with E-state index < -0.39 is 0 Å². The van der Waals surface area contributed by atoms with Crippen molar-refractivity contribution in [2.75, 3.05) is 12.0 Å². The summed E-state index contributed by atoms with van der Waals surface area (Å²) in [6, 6.07) is 21.6. The number of nitrogens with zero attached hydrogens (tertiary/aromatic N) is 2. The number of hydrazone groups is 1. The van der Waals surface area contributed by atoms with Crippen LogP contribution in [0.3, 0.4) is 0 Å². The lowest BCUT2D eigenvalue weighted by Gasteiger charge is -2.12. The molecule has 0 saturated heterocycles. The summed E-state index contributed by atoms with van der Waals surface area (Å²) in [6.45, 7) is 2.96. The van der Waals surface area contributed by atoms with Crippen LogP contribution in [0.15, 0.2) is 76.3 Å². The number of rotatable bonds is 8. The summed E-state index contributed by atoms with van der Waals surface area (Å²) < 4.78 is 12.8. The van der Waals surface area contributed by atoms with Crippen LogP contribution in [-0.4, -0.2) is 22.8 Å². The highest BCUT2D eigenvalue weighted by Gasteiger charge is 2.07. The molecule has 30 heavy (non-hydrogen) atoms. The van der Waals surface area contributed by atoms with E-state index in [1.165, 1.54) is 0 Å². The summed E-state index contributed by atoms with van der Waals surface area (Å²) in [5.74, 6) is 1.97. The molecule has 1 heterocycles. The van der Waals surface area contributed by atoms with E-state index in [0.717, 1.165) is 26.6 Å². The van der Waals surface area contributed by atoms with Crippen LogP contribution in [0.5, 0.6) is 11.5 Å². The molecular formula is C23H21BrN4O2. The van der Waals surface area contributed by atoms with Gasteiger partial charge in [-0.3, -0.25) is 0 Å². The van der Waals surface area contributed by atoms with E-state index in [4.69, 9.17) is 9.47 Å². The van der Waals surface area contributed by atoms with Crippen LogP contribution in [0.4, 0.5) is 5.95 Å². The zero-order valence-electron chi connectivity index (χ0n) is 16.4. The molecule has 6 nitrogen and oxygen atoms in total. The van der Waals surface area contributed by atoms with Crippen molar-refractivity contribution in [3.8, 4) is 11.5 Å². The number of hydrogen-bond donors (Lipinski definition) is 2. The van der Waals surface area contributed by atoms with Gasteiger partial charge in [-0.15, -0.1) is 0 Å². The van der Waals surface area contributed by atoms with Crippen LogP contribution in [0, 0.1) is 0 Å². The molecule has 0 aliphatic rings. The first-order valence-electron chi connectivity index (χ1n) is 9.59. The molecule has 0 atom stereocenters. The molecule has 4 rings (SSSR count). The fourth-order valence-corrected chi connectivity index (χ4v) is 3.17. The maximum absolute atomic E-state index is 5.96. The van der Waals surface area contributed by atoms with Crippen LogP contribution in [0.25, 0.3) is 11.0 Å². The molecule has 7 heteroatoms. The lowest BCUT2D eigenvalue weighted by atomic mass is 10.2. The lowest BCUT2D eigenvalue weighted by molar-refractivity contribution is 0.269. The van der Waals surface area contributed by atoms with Gasteiger partial charge in [-0.1, -0.05) is 40.2 Å². The van der Waals surface area contributed by atoms with Crippen molar-refractivity contribution in [2.24, 2.45) is 5.10 Å². The highest BCUT2D eigenvalue weighted by atomic mass is 79.9. The topological polar surface area (TPSA) is 71.5 Å². The molecule has 0 aliphatic heterocycles. The SMILES string of the molecule is CCOc1cc(/C=N\Nc2nc3ccccc3[nH]2)ccc1OCc1ccc(Br)cc1. The second kappa shape index (κ2) is 9.45. The van der Waals surface area contributed by atoms with Crippen LogP contribution in [0.1, 0.15) is 18.1 Å². The number of aromatic nitrogens is 2. The van der Waals surface area contributed by atoms with Gasteiger partial charge in [0, 0.05) is 4.47 Å². The van der Waals surface area contributed by atoms with Crippen molar-refractivity contribution in [1.82, 2.24) is 9.97 Å². The molecule has 0 saturated carbocycles. The molecule has 0 radical (unpaired) electrons. The first kappa shape index (κ1) is 20.0. The summed E-state index contributed by atoms with van der Waals surface area (Å²) in [5, 5.41) is 4.27. The molecule has 0 bridgehead atoms. The van der Waals surface area contributed by atoms with E-state index in [2.05, 4.69) is 36.4 Å². The number of fused-ring (bicyclic) bond motifs is 1. The van der Waals surface area contributed by atoms with Crippen molar-refractivity contribution in [2.45, 2.75) is 13.5 Å². The van der Waals surface area contributed by atoms with Gasteiger partial charge in [0.1, 0.15) is 6.61 Å².